The molecule has 0 amide bonds. The van der Waals surface area contributed by atoms with E-state index in [0.717, 1.165) is 31.4 Å². The summed E-state index contributed by atoms with van der Waals surface area (Å²) in [7, 11) is 4.20. The zero-order valence-corrected chi connectivity index (χ0v) is 16.2. The summed E-state index contributed by atoms with van der Waals surface area (Å²) in [6, 6.07) is 13.2. The Labute approximate surface area is 152 Å². The molecule has 2 atom stereocenters. The van der Waals surface area contributed by atoms with E-state index in [0.29, 0.717) is 11.8 Å². The summed E-state index contributed by atoms with van der Waals surface area (Å²) in [5.41, 5.74) is 3.77. The first-order valence-electron chi connectivity index (χ1n) is 9.39. The van der Waals surface area contributed by atoms with Crippen molar-refractivity contribution in [3.63, 3.8) is 0 Å². The molecule has 2 aromatic rings. The molecular formula is C22H31N3. The Morgan fingerprint density at radius 2 is 1.72 bits per heavy atom. The first-order chi connectivity index (χ1) is 11.9. The molecule has 2 heterocycles. The average Bonchev–Trinajstić information content (AvgIpc) is 2.59. The lowest BCUT2D eigenvalue weighted by molar-refractivity contribution is 0.240. The van der Waals surface area contributed by atoms with Crippen LogP contribution in [0, 0.1) is 17.8 Å². The second kappa shape index (κ2) is 7.57. The molecule has 2 unspecified atom stereocenters. The third-order valence-corrected chi connectivity index (χ3v) is 5.64. The molecule has 1 aromatic heterocycles. The molecule has 0 saturated carbocycles. The summed E-state index contributed by atoms with van der Waals surface area (Å²) < 4.78 is 0. The van der Waals surface area contributed by atoms with Gasteiger partial charge in [0.15, 0.2) is 0 Å². The summed E-state index contributed by atoms with van der Waals surface area (Å²) in [5, 5.41) is 0. The number of rotatable bonds is 4. The van der Waals surface area contributed by atoms with Crippen molar-refractivity contribution in [1.82, 2.24) is 9.88 Å². The van der Waals surface area contributed by atoms with Gasteiger partial charge in [-0.15, -0.1) is 0 Å². The van der Waals surface area contributed by atoms with Crippen molar-refractivity contribution in [1.29, 1.82) is 0 Å². The molecule has 1 fully saturated rings. The SMILES string of the molecule is CC1CN(c2ccc(-c3cccc(CN(C)C)c3)cn2)CC(C)C1C. The van der Waals surface area contributed by atoms with Crippen LogP contribution in [-0.2, 0) is 6.54 Å². The Kier molecular flexibility index (Phi) is 5.43. The van der Waals surface area contributed by atoms with E-state index in [1.54, 1.807) is 0 Å². The zero-order chi connectivity index (χ0) is 18.0. The predicted molar refractivity (Wildman–Crippen MR) is 107 cm³/mol. The quantitative estimate of drug-likeness (QED) is 0.816. The van der Waals surface area contributed by atoms with Gasteiger partial charge < -0.3 is 9.80 Å². The van der Waals surface area contributed by atoms with Gasteiger partial charge in [-0.1, -0.05) is 39.0 Å². The zero-order valence-electron chi connectivity index (χ0n) is 16.2. The van der Waals surface area contributed by atoms with Gasteiger partial charge in [0.2, 0.25) is 0 Å². The monoisotopic (exact) mass is 337 g/mol. The van der Waals surface area contributed by atoms with Crippen LogP contribution in [0.1, 0.15) is 26.3 Å². The number of piperidine rings is 1. The van der Waals surface area contributed by atoms with Gasteiger partial charge in [-0.05, 0) is 61.2 Å². The van der Waals surface area contributed by atoms with Gasteiger partial charge in [0.1, 0.15) is 5.82 Å². The lowest BCUT2D eigenvalue weighted by Crippen LogP contribution is -2.43. The molecule has 1 aromatic carbocycles. The van der Waals surface area contributed by atoms with Crippen LogP contribution in [0.3, 0.4) is 0 Å². The molecule has 0 spiro atoms. The number of anilines is 1. The molecule has 25 heavy (non-hydrogen) atoms. The molecule has 134 valence electrons. The third kappa shape index (κ3) is 4.21. The Morgan fingerprint density at radius 3 is 2.32 bits per heavy atom. The normalized spacial score (nSPS) is 23.9. The average molecular weight is 338 g/mol. The molecule has 3 heteroatoms. The Balaban J connectivity index is 1.76. The minimum Gasteiger partial charge on any atom is -0.356 e. The van der Waals surface area contributed by atoms with Crippen LogP contribution in [0.5, 0.6) is 0 Å². The van der Waals surface area contributed by atoms with Gasteiger partial charge in [0.05, 0.1) is 0 Å². The standard InChI is InChI=1S/C22H31N3/c1-16-13-25(14-17(2)18(16)3)22-10-9-21(12-23-22)20-8-6-7-19(11-20)15-24(4)5/h6-12,16-18H,13-15H2,1-5H3. The molecule has 1 aliphatic heterocycles. The van der Waals surface area contributed by atoms with Crippen LogP contribution in [0.15, 0.2) is 42.6 Å². The van der Waals surface area contributed by atoms with Gasteiger partial charge in [-0.2, -0.15) is 0 Å². The van der Waals surface area contributed by atoms with Crippen molar-refractivity contribution in [2.75, 3.05) is 32.1 Å². The summed E-state index contributed by atoms with van der Waals surface area (Å²) in [6.45, 7) is 10.3. The highest BCUT2D eigenvalue weighted by atomic mass is 15.2. The Bertz CT molecular complexity index is 681. The molecule has 1 saturated heterocycles. The number of aromatic nitrogens is 1. The lowest BCUT2D eigenvalue weighted by Gasteiger charge is -2.40. The molecule has 0 aliphatic carbocycles. The van der Waals surface area contributed by atoms with E-state index >= 15 is 0 Å². The van der Waals surface area contributed by atoms with E-state index in [9.17, 15) is 0 Å². The largest absolute Gasteiger partial charge is 0.356 e. The van der Waals surface area contributed by atoms with Gasteiger partial charge in [0.25, 0.3) is 0 Å². The fourth-order valence-corrected chi connectivity index (χ4v) is 3.81. The van der Waals surface area contributed by atoms with Gasteiger partial charge in [-0.25, -0.2) is 4.98 Å². The van der Waals surface area contributed by atoms with E-state index in [1.165, 1.54) is 16.7 Å². The highest BCUT2D eigenvalue weighted by molar-refractivity contribution is 5.64. The second-order valence-electron chi connectivity index (χ2n) is 8.06. The van der Waals surface area contributed by atoms with Crippen molar-refractivity contribution in [3.05, 3.63) is 48.2 Å². The first kappa shape index (κ1) is 17.9. The number of benzene rings is 1. The maximum atomic E-state index is 4.78. The fourth-order valence-electron chi connectivity index (χ4n) is 3.81. The van der Waals surface area contributed by atoms with E-state index in [4.69, 9.17) is 4.98 Å². The molecule has 0 N–H and O–H groups in total. The molecule has 3 nitrogen and oxygen atoms in total. The topological polar surface area (TPSA) is 19.4 Å². The summed E-state index contributed by atoms with van der Waals surface area (Å²) in [6.07, 6.45) is 2.03. The number of hydrogen-bond acceptors (Lipinski definition) is 3. The van der Waals surface area contributed by atoms with E-state index in [2.05, 4.69) is 81.1 Å². The molecule has 0 radical (unpaired) electrons. The lowest BCUT2D eigenvalue weighted by atomic mass is 9.81. The Morgan fingerprint density at radius 1 is 1.00 bits per heavy atom. The molecule has 0 bridgehead atoms. The van der Waals surface area contributed by atoms with E-state index in [1.807, 2.05) is 6.20 Å². The van der Waals surface area contributed by atoms with Crippen molar-refractivity contribution in [3.8, 4) is 11.1 Å². The van der Waals surface area contributed by atoms with Gasteiger partial charge in [-0.3, -0.25) is 0 Å². The summed E-state index contributed by atoms with van der Waals surface area (Å²) >= 11 is 0. The maximum Gasteiger partial charge on any atom is 0.128 e. The number of pyridine rings is 1. The van der Waals surface area contributed by atoms with Crippen LogP contribution in [-0.4, -0.2) is 37.1 Å². The van der Waals surface area contributed by atoms with Crippen molar-refractivity contribution < 1.29 is 0 Å². The molecular weight excluding hydrogens is 306 g/mol. The second-order valence-corrected chi connectivity index (χ2v) is 8.06. The first-order valence-corrected chi connectivity index (χ1v) is 9.39. The van der Waals surface area contributed by atoms with Crippen molar-refractivity contribution in [2.45, 2.75) is 27.3 Å². The van der Waals surface area contributed by atoms with Crippen LogP contribution < -0.4 is 4.90 Å². The minimum absolute atomic E-state index is 0.716. The smallest absolute Gasteiger partial charge is 0.128 e. The van der Waals surface area contributed by atoms with Crippen LogP contribution in [0.2, 0.25) is 0 Å². The van der Waals surface area contributed by atoms with Crippen LogP contribution in [0.25, 0.3) is 11.1 Å². The highest BCUT2D eigenvalue weighted by Crippen LogP contribution is 2.31. The maximum absolute atomic E-state index is 4.78. The molecule has 3 rings (SSSR count). The van der Waals surface area contributed by atoms with Crippen LogP contribution >= 0.6 is 0 Å². The summed E-state index contributed by atoms with van der Waals surface area (Å²) in [4.78, 5) is 9.42. The van der Waals surface area contributed by atoms with E-state index < -0.39 is 0 Å². The van der Waals surface area contributed by atoms with Crippen molar-refractivity contribution in [2.24, 2.45) is 17.8 Å². The predicted octanol–water partition coefficient (Wildman–Crippen LogP) is 4.54. The molecule has 1 aliphatic rings. The van der Waals surface area contributed by atoms with Crippen molar-refractivity contribution >= 4 is 5.82 Å². The number of hydrogen-bond donors (Lipinski definition) is 0. The summed E-state index contributed by atoms with van der Waals surface area (Å²) in [5.74, 6) is 3.33. The highest BCUT2D eigenvalue weighted by Gasteiger charge is 2.29. The van der Waals surface area contributed by atoms with Gasteiger partial charge in [0, 0.05) is 31.4 Å². The Hall–Kier alpha value is -1.87. The third-order valence-electron chi connectivity index (χ3n) is 5.64. The number of nitrogens with zero attached hydrogens (tertiary/aromatic N) is 3. The van der Waals surface area contributed by atoms with Crippen LogP contribution in [0.4, 0.5) is 5.82 Å². The fraction of sp³-hybridized carbons (Fsp3) is 0.500. The van der Waals surface area contributed by atoms with Gasteiger partial charge >= 0.3 is 0 Å². The van der Waals surface area contributed by atoms with E-state index in [-0.39, 0.29) is 0 Å². The minimum atomic E-state index is 0.716.